The molecule has 2 aromatic carbocycles. The number of nitrogens with one attached hydrogen (secondary N) is 1. The monoisotopic (exact) mass is 316 g/mol. The van der Waals surface area contributed by atoms with Crippen LogP contribution in [0.25, 0.3) is 10.8 Å². The minimum absolute atomic E-state index is 0. The number of amides is 1. The van der Waals surface area contributed by atoms with Crippen LogP contribution < -0.4 is 5.32 Å². The van der Waals surface area contributed by atoms with Crippen molar-refractivity contribution in [2.24, 2.45) is 5.41 Å². The molecule has 2 aliphatic heterocycles. The van der Waals surface area contributed by atoms with E-state index in [0.29, 0.717) is 5.41 Å². The van der Waals surface area contributed by atoms with Crippen molar-refractivity contribution in [2.75, 3.05) is 26.2 Å². The molecule has 2 fully saturated rings. The SMILES string of the molecule is Cl.O=C(c1ccc2ccccc2c1)N1CCC2(CCNC2)C1. The Morgan fingerprint density at radius 2 is 1.91 bits per heavy atom. The number of benzene rings is 2. The van der Waals surface area contributed by atoms with E-state index >= 15 is 0 Å². The minimum Gasteiger partial charge on any atom is -0.338 e. The van der Waals surface area contributed by atoms with Crippen LogP contribution in [0.2, 0.25) is 0 Å². The Kier molecular flexibility index (Phi) is 4.11. The number of rotatable bonds is 1. The van der Waals surface area contributed by atoms with Gasteiger partial charge in [-0.15, -0.1) is 12.4 Å². The van der Waals surface area contributed by atoms with E-state index in [2.05, 4.69) is 17.4 Å². The van der Waals surface area contributed by atoms with Gasteiger partial charge in [-0.05, 0) is 42.3 Å². The molecule has 0 bridgehead atoms. The maximum Gasteiger partial charge on any atom is 0.253 e. The van der Waals surface area contributed by atoms with Gasteiger partial charge in [-0.25, -0.2) is 0 Å². The summed E-state index contributed by atoms with van der Waals surface area (Å²) >= 11 is 0. The molecule has 2 heterocycles. The summed E-state index contributed by atoms with van der Waals surface area (Å²) in [5, 5.41) is 5.77. The number of halogens is 1. The Balaban J connectivity index is 0.00000144. The predicted molar refractivity (Wildman–Crippen MR) is 91.6 cm³/mol. The Labute approximate surface area is 137 Å². The zero-order valence-corrected chi connectivity index (χ0v) is 13.4. The molecule has 3 nitrogen and oxygen atoms in total. The lowest BCUT2D eigenvalue weighted by Gasteiger charge is -2.22. The first kappa shape index (κ1) is 15.3. The van der Waals surface area contributed by atoms with Gasteiger partial charge in [0.1, 0.15) is 0 Å². The first-order chi connectivity index (χ1) is 10.3. The summed E-state index contributed by atoms with van der Waals surface area (Å²) in [4.78, 5) is 14.8. The van der Waals surface area contributed by atoms with Crippen LogP contribution in [-0.2, 0) is 0 Å². The van der Waals surface area contributed by atoms with Gasteiger partial charge in [0.15, 0.2) is 0 Å². The van der Waals surface area contributed by atoms with Crippen LogP contribution in [0.5, 0.6) is 0 Å². The molecular weight excluding hydrogens is 296 g/mol. The fourth-order valence-electron chi connectivity index (χ4n) is 3.76. The highest BCUT2D eigenvalue weighted by molar-refractivity contribution is 5.98. The average Bonchev–Trinajstić information content (AvgIpc) is 3.17. The number of fused-ring (bicyclic) bond motifs is 1. The number of likely N-dealkylation sites (tertiary alicyclic amines) is 1. The minimum atomic E-state index is 0. The maximum atomic E-state index is 12.7. The molecule has 4 rings (SSSR count). The van der Waals surface area contributed by atoms with Gasteiger partial charge < -0.3 is 10.2 Å². The number of hydrogen-bond donors (Lipinski definition) is 1. The van der Waals surface area contributed by atoms with Gasteiger partial charge >= 0.3 is 0 Å². The van der Waals surface area contributed by atoms with Gasteiger partial charge in [-0.2, -0.15) is 0 Å². The first-order valence-electron chi connectivity index (χ1n) is 7.75. The van der Waals surface area contributed by atoms with E-state index in [0.717, 1.165) is 43.5 Å². The molecule has 2 aromatic rings. The summed E-state index contributed by atoms with van der Waals surface area (Å²) in [5.41, 5.74) is 1.16. The summed E-state index contributed by atoms with van der Waals surface area (Å²) in [5.74, 6) is 0.185. The molecule has 1 N–H and O–H groups in total. The van der Waals surface area contributed by atoms with E-state index < -0.39 is 0 Å². The molecule has 1 amide bonds. The molecule has 116 valence electrons. The van der Waals surface area contributed by atoms with Crippen molar-refractivity contribution in [1.82, 2.24) is 10.2 Å². The molecule has 1 spiro atoms. The second-order valence-corrected chi connectivity index (χ2v) is 6.47. The quantitative estimate of drug-likeness (QED) is 0.877. The Bertz CT molecular complexity index is 694. The van der Waals surface area contributed by atoms with Gasteiger partial charge in [0, 0.05) is 30.6 Å². The van der Waals surface area contributed by atoms with Gasteiger partial charge in [0.2, 0.25) is 0 Å². The van der Waals surface area contributed by atoms with E-state index in [4.69, 9.17) is 0 Å². The lowest BCUT2D eigenvalue weighted by molar-refractivity contribution is 0.0776. The molecule has 4 heteroatoms. The first-order valence-corrected chi connectivity index (χ1v) is 7.75. The molecular formula is C18H21ClN2O. The number of carbonyl (C=O) groups is 1. The van der Waals surface area contributed by atoms with E-state index in [1.807, 2.05) is 35.2 Å². The number of nitrogens with zero attached hydrogens (tertiary/aromatic N) is 1. The zero-order chi connectivity index (χ0) is 14.3. The lowest BCUT2D eigenvalue weighted by atomic mass is 9.86. The normalized spacial score (nSPS) is 23.9. The summed E-state index contributed by atoms with van der Waals surface area (Å²) in [6, 6.07) is 14.2. The highest BCUT2D eigenvalue weighted by Gasteiger charge is 2.41. The smallest absolute Gasteiger partial charge is 0.253 e. The third-order valence-electron chi connectivity index (χ3n) is 5.05. The third-order valence-corrected chi connectivity index (χ3v) is 5.05. The maximum absolute atomic E-state index is 12.7. The van der Waals surface area contributed by atoms with Crippen molar-refractivity contribution in [3.63, 3.8) is 0 Å². The Morgan fingerprint density at radius 1 is 1.09 bits per heavy atom. The van der Waals surface area contributed by atoms with Crippen LogP contribution in [0.4, 0.5) is 0 Å². The highest BCUT2D eigenvalue weighted by atomic mass is 35.5. The molecule has 2 aliphatic rings. The summed E-state index contributed by atoms with van der Waals surface area (Å²) in [6.45, 7) is 3.96. The largest absolute Gasteiger partial charge is 0.338 e. The van der Waals surface area contributed by atoms with Crippen LogP contribution in [0.3, 0.4) is 0 Å². The van der Waals surface area contributed by atoms with E-state index in [9.17, 15) is 4.79 Å². The standard InChI is InChI=1S/C18H20N2O.ClH/c21-17(20-10-8-18(13-20)7-9-19-12-18)16-6-5-14-3-1-2-4-15(14)11-16;/h1-6,11,19H,7-10,12-13H2;1H. The topological polar surface area (TPSA) is 32.3 Å². The van der Waals surface area contributed by atoms with E-state index in [-0.39, 0.29) is 18.3 Å². The molecule has 0 aliphatic carbocycles. The van der Waals surface area contributed by atoms with Crippen molar-refractivity contribution in [2.45, 2.75) is 12.8 Å². The van der Waals surface area contributed by atoms with Crippen LogP contribution in [0.1, 0.15) is 23.2 Å². The molecule has 0 saturated carbocycles. The van der Waals surface area contributed by atoms with Gasteiger partial charge in [0.05, 0.1) is 0 Å². The highest BCUT2D eigenvalue weighted by Crippen LogP contribution is 2.36. The number of carbonyl (C=O) groups excluding carboxylic acids is 1. The van der Waals surface area contributed by atoms with Crippen LogP contribution in [0, 0.1) is 5.41 Å². The average molecular weight is 317 g/mol. The molecule has 1 unspecified atom stereocenters. The summed E-state index contributed by atoms with van der Waals surface area (Å²) in [7, 11) is 0. The molecule has 0 radical (unpaired) electrons. The fraction of sp³-hybridized carbons (Fsp3) is 0.389. The van der Waals surface area contributed by atoms with Gasteiger partial charge in [0.25, 0.3) is 5.91 Å². The van der Waals surface area contributed by atoms with Crippen molar-refractivity contribution in [3.05, 3.63) is 48.0 Å². The predicted octanol–water partition coefficient (Wildman–Crippen LogP) is 3.09. The van der Waals surface area contributed by atoms with Gasteiger partial charge in [-0.3, -0.25) is 4.79 Å². The van der Waals surface area contributed by atoms with E-state index in [1.165, 1.54) is 11.8 Å². The lowest BCUT2D eigenvalue weighted by Crippen LogP contribution is -2.33. The zero-order valence-electron chi connectivity index (χ0n) is 12.5. The summed E-state index contributed by atoms with van der Waals surface area (Å²) < 4.78 is 0. The molecule has 1 atom stereocenters. The van der Waals surface area contributed by atoms with Crippen LogP contribution >= 0.6 is 12.4 Å². The number of hydrogen-bond acceptors (Lipinski definition) is 2. The molecule has 2 saturated heterocycles. The Morgan fingerprint density at radius 3 is 2.68 bits per heavy atom. The van der Waals surface area contributed by atoms with Gasteiger partial charge in [-0.1, -0.05) is 30.3 Å². The van der Waals surface area contributed by atoms with Crippen molar-refractivity contribution >= 4 is 29.1 Å². The fourth-order valence-corrected chi connectivity index (χ4v) is 3.76. The Hall–Kier alpha value is -1.58. The van der Waals surface area contributed by atoms with Crippen LogP contribution in [0.15, 0.2) is 42.5 Å². The molecule has 22 heavy (non-hydrogen) atoms. The van der Waals surface area contributed by atoms with E-state index in [1.54, 1.807) is 0 Å². The third kappa shape index (κ3) is 2.59. The second-order valence-electron chi connectivity index (χ2n) is 6.47. The molecule has 0 aromatic heterocycles. The second kappa shape index (κ2) is 5.90. The van der Waals surface area contributed by atoms with Crippen molar-refractivity contribution in [3.8, 4) is 0 Å². The summed E-state index contributed by atoms with van der Waals surface area (Å²) in [6.07, 6.45) is 2.34. The van der Waals surface area contributed by atoms with Crippen molar-refractivity contribution < 1.29 is 4.79 Å². The van der Waals surface area contributed by atoms with Crippen LogP contribution in [-0.4, -0.2) is 37.0 Å². The van der Waals surface area contributed by atoms with Crippen molar-refractivity contribution in [1.29, 1.82) is 0 Å².